The molecule has 0 radical (unpaired) electrons. The Labute approximate surface area is 169 Å². The maximum atomic E-state index is 6.33. The summed E-state index contributed by atoms with van der Waals surface area (Å²) in [6.07, 6.45) is 5.32. The van der Waals surface area contributed by atoms with Crippen molar-refractivity contribution >= 4 is 23.4 Å². The van der Waals surface area contributed by atoms with E-state index in [-0.39, 0.29) is 6.10 Å². The van der Waals surface area contributed by atoms with E-state index in [0.717, 1.165) is 42.2 Å². The topological polar surface area (TPSA) is 43.2 Å². The number of rotatable bonds is 7. The van der Waals surface area contributed by atoms with Crippen LogP contribution in [0.25, 0.3) is 0 Å². The molecule has 3 fully saturated rings. The maximum absolute atomic E-state index is 6.33. The van der Waals surface area contributed by atoms with Gasteiger partial charge in [-0.1, -0.05) is 41.6 Å². The van der Waals surface area contributed by atoms with E-state index in [1.807, 2.05) is 23.9 Å². The van der Waals surface area contributed by atoms with E-state index in [9.17, 15) is 0 Å². The summed E-state index contributed by atoms with van der Waals surface area (Å²) in [6.45, 7) is 3.55. The molecule has 1 atom stereocenters. The van der Waals surface area contributed by atoms with Crippen molar-refractivity contribution < 1.29 is 4.74 Å². The molecule has 7 heteroatoms. The Morgan fingerprint density at radius 1 is 1.15 bits per heavy atom. The maximum Gasteiger partial charge on any atom is 0.191 e. The van der Waals surface area contributed by atoms with Gasteiger partial charge in [-0.15, -0.1) is 10.2 Å². The molecule has 0 amide bonds. The highest BCUT2D eigenvalue weighted by atomic mass is 35.5. The van der Waals surface area contributed by atoms with Gasteiger partial charge in [0.2, 0.25) is 0 Å². The second-order valence-corrected chi connectivity index (χ2v) is 9.24. The summed E-state index contributed by atoms with van der Waals surface area (Å²) in [6, 6.07) is 8.75. The van der Waals surface area contributed by atoms with Gasteiger partial charge in [0.25, 0.3) is 0 Å². The molecule has 144 valence electrons. The smallest absolute Gasteiger partial charge is 0.191 e. The fourth-order valence-electron chi connectivity index (χ4n) is 3.74. The second kappa shape index (κ2) is 7.74. The van der Waals surface area contributed by atoms with Crippen LogP contribution in [-0.2, 0) is 11.3 Å². The first kappa shape index (κ1) is 18.0. The van der Waals surface area contributed by atoms with Gasteiger partial charge in [-0.25, -0.2) is 0 Å². The number of aromatic nitrogens is 3. The minimum Gasteiger partial charge on any atom is -0.375 e. The average molecular weight is 405 g/mol. The quantitative estimate of drug-likeness (QED) is 0.649. The Morgan fingerprint density at radius 2 is 2.00 bits per heavy atom. The third kappa shape index (κ3) is 4.19. The minimum absolute atomic E-state index is 0.222. The van der Waals surface area contributed by atoms with E-state index in [1.54, 1.807) is 0 Å². The molecule has 5 nitrogen and oxygen atoms in total. The molecular formula is C20H25ClN4OS. The molecule has 2 heterocycles. The van der Waals surface area contributed by atoms with Crippen LogP contribution in [0.5, 0.6) is 0 Å². The first-order valence-corrected chi connectivity index (χ1v) is 11.3. The summed E-state index contributed by atoms with van der Waals surface area (Å²) >= 11 is 8.14. The van der Waals surface area contributed by atoms with Crippen LogP contribution in [0.3, 0.4) is 0 Å². The van der Waals surface area contributed by atoms with Crippen LogP contribution in [0.2, 0.25) is 5.02 Å². The van der Waals surface area contributed by atoms with Crippen molar-refractivity contribution in [1.29, 1.82) is 0 Å². The fourth-order valence-corrected chi connectivity index (χ4v) is 4.95. The summed E-state index contributed by atoms with van der Waals surface area (Å²) in [5.41, 5.74) is 1.19. The molecule has 2 aromatic rings. The van der Waals surface area contributed by atoms with E-state index in [4.69, 9.17) is 16.3 Å². The molecule has 2 aliphatic carbocycles. The van der Waals surface area contributed by atoms with Gasteiger partial charge in [-0.05, 0) is 37.3 Å². The first-order valence-electron chi connectivity index (χ1n) is 9.93. The lowest BCUT2D eigenvalue weighted by Crippen LogP contribution is -2.43. The van der Waals surface area contributed by atoms with Crippen LogP contribution in [0.1, 0.15) is 49.0 Å². The van der Waals surface area contributed by atoms with Crippen molar-refractivity contribution in [3.8, 4) is 0 Å². The number of thioether (sulfide) groups is 1. The highest BCUT2D eigenvalue weighted by Gasteiger charge is 2.36. The predicted molar refractivity (Wildman–Crippen MR) is 107 cm³/mol. The Morgan fingerprint density at radius 3 is 2.78 bits per heavy atom. The van der Waals surface area contributed by atoms with E-state index in [2.05, 4.69) is 31.8 Å². The van der Waals surface area contributed by atoms with Gasteiger partial charge in [0.05, 0.1) is 12.7 Å². The summed E-state index contributed by atoms with van der Waals surface area (Å²) in [5, 5.41) is 11.0. The molecule has 0 N–H and O–H groups in total. The van der Waals surface area contributed by atoms with Gasteiger partial charge in [-0.3, -0.25) is 4.90 Å². The Bertz CT molecular complexity index is 805. The standard InChI is InChI=1S/C20H25ClN4OS/c21-18-4-2-1-3-15(18)11-24-9-10-26-17(12-24)13-27-20-23-22-19(14-5-6-14)25(20)16-7-8-16/h1-4,14,16-17H,5-13H2/t17-/m1/s1. The molecular weight excluding hydrogens is 380 g/mol. The van der Waals surface area contributed by atoms with Gasteiger partial charge in [0.15, 0.2) is 5.16 Å². The molecule has 27 heavy (non-hydrogen) atoms. The summed E-state index contributed by atoms with van der Waals surface area (Å²) in [4.78, 5) is 2.44. The minimum atomic E-state index is 0.222. The summed E-state index contributed by atoms with van der Waals surface area (Å²) in [5.74, 6) is 2.81. The predicted octanol–water partition coefficient (Wildman–Crippen LogP) is 4.14. The van der Waals surface area contributed by atoms with Crippen molar-refractivity contribution in [1.82, 2.24) is 19.7 Å². The van der Waals surface area contributed by atoms with Crippen molar-refractivity contribution in [3.63, 3.8) is 0 Å². The average Bonchev–Trinajstić information content (AvgIpc) is 3.61. The molecule has 2 saturated carbocycles. The molecule has 3 aliphatic rings. The molecule has 1 saturated heterocycles. The lowest BCUT2D eigenvalue weighted by atomic mass is 10.2. The van der Waals surface area contributed by atoms with Gasteiger partial charge >= 0.3 is 0 Å². The Hall–Kier alpha value is -1.08. The molecule has 0 unspecified atom stereocenters. The van der Waals surface area contributed by atoms with Gasteiger partial charge in [-0.2, -0.15) is 0 Å². The van der Waals surface area contributed by atoms with E-state index < -0.39 is 0 Å². The highest BCUT2D eigenvalue weighted by molar-refractivity contribution is 7.99. The zero-order chi connectivity index (χ0) is 18.2. The van der Waals surface area contributed by atoms with Gasteiger partial charge in [0, 0.05) is 42.4 Å². The third-order valence-electron chi connectivity index (χ3n) is 5.52. The molecule has 1 aliphatic heterocycles. The molecule has 0 bridgehead atoms. The van der Waals surface area contributed by atoms with Crippen LogP contribution < -0.4 is 0 Å². The lowest BCUT2D eigenvalue weighted by molar-refractivity contribution is -0.0187. The van der Waals surface area contributed by atoms with Crippen LogP contribution in [0.15, 0.2) is 29.4 Å². The van der Waals surface area contributed by atoms with Crippen molar-refractivity contribution in [2.45, 2.75) is 55.4 Å². The number of benzene rings is 1. The molecule has 1 aromatic carbocycles. The zero-order valence-corrected chi connectivity index (χ0v) is 17.0. The SMILES string of the molecule is Clc1ccccc1CN1CCO[C@@H](CSc2nnc(C3CC3)n2C2CC2)C1. The second-order valence-electron chi connectivity index (χ2n) is 7.85. The normalized spacial score (nSPS) is 23.7. The molecule has 5 rings (SSSR count). The van der Waals surface area contributed by atoms with Crippen LogP contribution in [-0.4, -0.2) is 51.2 Å². The Kier molecular flexibility index (Phi) is 5.15. The highest BCUT2D eigenvalue weighted by Crippen LogP contribution is 2.46. The number of morpholine rings is 1. The summed E-state index contributed by atoms with van der Waals surface area (Å²) < 4.78 is 8.45. The van der Waals surface area contributed by atoms with Crippen molar-refractivity contribution in [3.05, 3.63) is 40.7 Å². The van der Waals surface area contributed by atoms with Crippen molar-refractivity contribution in [2.75, 3.05) is 25.4 Å². The molecule has 1 aromatic heterocycles. The van der Waals surface area contributed by atoms with Gasteiger partial charge < -0.3 is 9.30 Å². The lowest BCUT2D eigenvalue weighted by Gasteiger charge is -2.33. The number of nitrogens with zero attached hydrogens (tertiary/aromatic N) is 4. The number of ether oxygens (including phenoxy) is 1. The van der Waals surface area contributed by atoms with Crippen LogP contribution in [0.4, 0.5) is 0 Å². The summed E-state index contributed by atoms with van der Waals surface area (Å²) in [7, 11) is 0. The number of hydrogen-bond donors (Lipinski definition) is 0. The van der Waals surface area contributed by atoms with Crippen LogP contribution >= 0.6 is 23.4 Å². The Balaban J connectivity index is 1.20. The number of halogens is 1. The van der Waals surface area contributed by atoms with E-state index in [1.165, 1.54) is 37.1 Å². The van der Waals surface area contributed by atoms with Crippen LogP contribution in [0, 0.1) is 0 Å². The first-order chi connectivity index (χ1) is 13.3. The van der Waals surface area contributed by atoms with Gasteiger partial charge in [0.1, 0.15) is 5.82 Å². The zero-order valence-electron chi connectivity index (χ0n) is 15.4. The van der Waals surface area contributed by atoms with Crippen molar-refractivity contribution in [2.24, 2.45) is 0 Å². The molecule has 0 spiro atoms. The fraction of sp³-hybridized carbons (Fsp3) is 0.600. The largest absolute Gasteiger partial charge is 0.375 e. The van der Waals surface area contributed by atoms with E-state index in [0.29, 0.717) is 12.0 Å². The third-order valence-corrected chi connectivity index (χ3v) is 6.96. The number of hydrogen-bond acceptors (Lipinski definition) is 5. The monoisotopic (exact) mass is 404 g/mol. The van der Waals surface area contributed by atoms with E-state index >= 15 is 0 Å².